The molecule has 1 aliphatic rings. The lowest BCUT2D eigenvalue weighted by Gasteiger charge is -2.29. The number of hydrogen-bond donors (Lipinski definition) is 0. The van der Waals surface area contributed by atoms with Crippen LogP contribution >= 0.6 is 38.9 Å². The Morgan fingerprint density at radius 2 is 2.11 bits per heavy atom. The van der Waals surface area contributed by atoms with Gasteiger partial charge in [0.2, 0.25) is 0 Å². The fourth-order valence-electron chi connectivity index (χ4n) is 2.69. The second-order valence-electron chi connectivity index (χ2n) is 4.80. The molecule has 1 aromatic carbocycles. The van der Waals surface area contributed by atoms with Crippen molar-refractivity contribution in [3.63, 3.8) is 0 Å². The molecule has 3 heteroatoms. The van der Waals surface area contributed by atoms with Crippen LogP contribution in [0.2, 0.25) is 0 Å². The van der Waals surface area contributed by atoms with Gasteiger partial charge < -0.3 is 0 Å². The van der Waals surface area contributed by atoms with Crippen molar-refractivity contribution in [1.29, 1.82) is 0 Å². The van der Waals surface area contributed by atoms with Gasteiger partial charge in [0.05, 0.1) is 5.38 Å². The van der Waals surface area contributed by atoms with Gasteiger partial charge in [-0.3, -0.25) is 0 Å². The summed E-state index contributed by atoms with van der Waals surface area (Å²) in [4.78, 5) is 1.42. The molecule has 0 amide bonds. The summed E-state index contributed by atoms with van der Waals surface area (Å²) < 4.78 is 1.23. The molecule has 18 heavy (non-hydrogen) atoms. The van der Waals surface area contributed by atoms with Gasteiger partial charge in [-0.25, -0.2) is 0 Å². The van der Waals surface area contributed by atoms with Crippen molar-refractivity contribution in [2.24, 2.45) is 5.92 Å². The maximum absolute atomic E-state index is 6.67. The SMILES string of the molecule is ClC1c2ccccc2CCC1Cc1sccc1Br. The topological polar surface area (TPSA) is 0 Å². The third-order valence-electron chi connectivity index (χ3n) is 3.69. The van der Waals surface area contributed by atoms with Gasteiger partial charge in [-0.15, -0.1) is 22.9 Å². The van der Waals surface area contributed by atoms with Crippen LogP contribution in [0.3, 0.4) is 0 Å². The summed E-state index contributed by atoms with van der Waals surface area (Å²) in [7, 11) is 0. The van der Waals surface area contributed by atoms with Gasteiger partial charge in [0.1, 0.15) is 0 Å². The Bertz CT molecular complexity index is 549. The predicted molar refractivity (Wildman–Crippen MR) is 82.6 cm³/mol. The summed E-state index contributed by atoms with van der Waals surface area (Å²) in [6.07, 6.45) is 3.43. The molecule has 2 atom stereocenters. The van der Waals surface area contributed by atoms with Crippen LogP contribution in [0.5, 0.6) is 0 Å². The van der Waals surface area contributed by atoms with Crippen LogP contribution in [0.1, 0.15) is 27.8 Å². The highest BCUT2D eigenvalue weighted by molar-refractivity contribution is 9.10. The van der Waals surface area contributed by atoms with E-state index in [-0.39, 0.29) is 5.38 Å². The summed E-state index contributed by atoms with van der Waals surface area (Å²) in [5.74, 6) is 0.552. The first-order chi connectivity index (χ1) is 8.75. The van der Waals surface area contributed by atoms with Crippen LogP contribution in [0.25, 0.3) is 0 Å². The largest absolute Gasteiger partial charge is 0.148 e. The summed E-state index contributed by atoms with van der Waals surface area (Å²) in [5.41, 5.74) is 2.77. The van der Waals surface area contributed by atoms with Crippen LogP contribution in [0, 0.1) is 5.92 Å². The van der Waals surface area contributed by atoms with E-state index in [1.165, 1.54) is 26.9 Å². The van der Waals surface area contributed by atoms with Crippen molar-refractivity contribution < 1.29 is 0 Å². The van der Waals surface area contributed by atoms with Gasteiger partial charge in [0.25, 0.3) is 0 Å². The van der Waals surface area contributed by atoms with E-state index < -0.39 is 0 Å². The molecule has 1 heterocycles. The number of rotatable bonds is 2. The highest BCUT2D eigenvalue weighted by Gasteiger charge is 2.28. The maximum atomic E-state index is 6.67. The molecule has 0 fully saturated rings. The summed E-state index contributed by atoms with van der Waals surface area (Å²) in [5, 5.41) is 2.29. The number of halogens is 2. The first-order valence-corrected chi connectivity index (χ1v) is 8.30. The predicted octanol–water partition coefficient (Wildman–Crippen LogP) is 5.60. The zero-order chi connectivity index (χ0) is 12.5. The maximum Gasteiger partial charge on any atom is 0.0619 e. The lowest BCUT2D eigenvalue weighted by molar-refractivity contribution is 0.444. The van der Waals surface area contributed by atoms with E-state index in [4.69, 9.17) is 11.6 Å². The second-order valence-corrected chi connectivity index (χ2v) is 7.12. The molecule has 2 aromatic rings. The van der Waals surface area contributed by atoms with E-state index in [0.717, 1.165) is 12.8 Å². The molecule has 0 saturated heterocycles. The molecular formula is C15H14BrClS. The number of benzene rings is 1. The van der Waals surface area contributed by atoms with E-state index in [1.54, 1.807) is 0 Å². The number of alkyl halides is 1. The van der Waals surface area contributed by atoms with Gasteiger partial charge in [0.15, 0.2) is 0 Å². The van der Waals surface area contributed by atoms with Crippen LogP contribution in [0.15, 0.2) is 40.2 Å². The molecule has 0 N–H and O–H groups in total. The van der Waals surface area contributed by atoms with Crippen molar-refractivity contribution in [2.45, 2.75) is 24.6 Å². The van der Waals surface area contributed by atoms with Gasteiger partial charge in [0, 0.05) is 9.35 Å². The van der Waals surface area contributed by atoms with Gasteiger partial charge in [-0.1, -0.05) is 24.3 Å². The average Bonchev–Trinajstić information content (AvgIpc) is 2.79. The minimum absolute atomic E-state index is 0.156. The van der Waals surface area contributed by atoms with Crippen molar-refractivity contribution in [3.05, 3.63) is 56.2 Å². The number of fused-ring (bicyclic) bond motifs is 1. The zero-order valence-corrected chi connectivity index (χ0v) is 13.1. The molecular weight excluding hydrogens is 328 g/mol. The van der Waals surface area contributed by atoms with Crippen LogP contribution < -0.4 is 0 Å². The fraction of sp³-hybridized carbons (Fsp3) is 0.333. The van der Waals surface area contributed by atoms with Crippen molar-refractivity contribution >= 4 is 38.9 Å². The number of aryl methyl sites for hydroxylation is 1. The first kappa shape index (κ1) is 12.7. The zero-order valence-electron chi connectivity index (χ0n) is 9.90. The quantitative estimate of drug-likeness (QED) is 0.624. The Labute approximate surface area is 125 Å². The molecule has 1 aromatic heterocycles. The molecule has 94 valence electrons. The van der Waals surface area contributed by atoms with Crippen LogP contribution in [-0.4, -0.2) is 0 Å². The Morgan fingerprint density at radius 1 is 1.28 bits per heavy atom. The Hall–Kier alpha value is -0.310. The third-order valence-corrected chi connectivity index (χ3v) is 6.23. The third kappa shape index (κ3) is 2.38. The minimum Gasteiger partial charge on any atom is -0.148 e. The van der Waals surface area contributed by atoms with Crippen molar-refractivity contribution in [2.75, 3.05) is 0 Å². The Kier molecular flexibility index (Phi) is 3.78. The number of hydrogen-bond acceptors (Lipinski definition) is 1. The monoisotopic (exact) mass is 340 g/mol. The van der Waals surface area contributed by atoms with Gasteiger partial charge in [-0.2, -0.15) is 0 Å². The molecule has 0 aliphatic heterocycles. The lowest BCUT2D eigenvalue weighted by Crippen LogP contribution is -2.18. The van der Waals surface area contributed by atoms with Crippen molar-refractivity contribution in [3.8, 4) is 0 Å². The molecule has 1 aliphatic carbocycles. The summed E-state index contributed by atoms with van der Waals surface area (Å²) >= 11 is 12.1. The van der Waals surface area contributed by atoms with E-state index in [0.29, 0.717) is 5.92 Å². The van der Waals surface area contributed by atoms with E-state index >= 15 is 0 Å². The van der Waals surface area contributed by atoms with E-state index in [1.807, 2.05) is 11.3 Å². The minimum atomic E-state index is 0.156. The highest BCUT2D eigenvalue weighted by Crippen LogP contribution is 2.42. The van der Waals surface area contributed by atoms with Gasteiger partial charge in [-0.05, 0) is 63.7 Å². The molecule has 0 spiro atoms. The molecule has 0 radical (unpaired) electrons. The first-order valence-electron chi connectivity index (χ1n) is 6.19. The van der Waals surface area contributed by atoms with E-state index in [9.17, 15) is 0 Å². The average molecular weight is 342 g/mol. The normalized spacial score (nSPS) is 22.8. The Balaban J connectivity index is 1.83. The van der Waals surface area contributed by atoms with Crippen molar-refractivity contribution in [1.82, 2.24) is 0 Å². The summed E-state index contributed by atoms with van der Waals surface area (Å²) in [6.45, 7) is 0. The molecule has 3 rings (SSSR count). The summed E-state index contributed by atoms with van der Waals surface area (Å²) in [6, 6.07) is 10.7. The fourth-order valence-corrected chi connectivity index (χ4v) is 4.72. The molecule has 0 nitrogen and oxygen atoms in total. The molecule has 0 saturated carbocycles. The lowest BCUT2D eigenvalue weighted by atomic mass is 9.81. The van der Waals surface area contributed by atoms with E-state index in [2.05, 4.69) is 51.6 Å². The van der Waals surface area contributed by atoms with Crippen LogP contribution in [0.4, 0.5) is 0 Å². The molecule has 2 unspecified atom stereocenters. The standard InChI is InChI=1S/C15H14BrClS/c16-13-7-8-18-14(13)9-11-6-5-10-3-1-2-4-12(10)15(11)17/h1-4,7-8,11,15H,5-6,9H2. The van der Waals surface area contributed by atoms with Crippen LogP contribution in [-0.2, 0) is 12.8 Å². The second kappa shape index (κ2) is 5.36. The number of thiophene rings is 1. The Morgan fingerprint density at radius 3 is 2.89 bits per heavy atom. The highest BCUT2D eigenvalue weighted by atomic mass is 79.9. The molecule has 0 bridgehead atoms. The smallest absolute Gasteiger partial charge is 0.0619 e. The van der Waals surface area contributed by atoms with Gasteiger partial charge >= 0.3 is 0 Å².